The van der Waals surface area contributed by atoms with E-state index >= 15 is 0 Å². The zero-order valence-electron chi connectivity index (χ0n) is 13.9. The van der Waals surface area contributed by atoms with Gasteiger partial charge in [-0.15, -0.1) is 0 Å². The number of nitrogens with zero attached hydrogens (tertiary/aromatic N) is 2. The lowest BCUT2D eigenvalue weighted by molar-refractivity contribution is 0.575. The normalized spacial score (nSPS) is 13.6. The van der Waals surface area contributed by atoms with Crippen molar-refractivity contribution in [1.29, 1.82) is 0 Å². The van der Waals surface area contributed by atoms with E-state index in [4.69, 9.17) is 0 Å². The van der Waals surface area contributed by atoms with Gasteiger partial charge in [-0.05, 0) is 38.3 Å². The summed E-state index contributed by atoms with van der Waals surface area (Å²) in [5, 5.41) is 7.95. The molecule has 1 atom stereocenters. The molecule has 1 unspecified atom stereocenters. The zero-order valence-corrected chi connectivity index (χ0v) is 14.8. The van der Waals surface area contributed by atoms with Gasteiger partial charge in [-0.3, -0.25) is 4.68 Å². The minimum atomic E-state index is -2.95. The summed E-state index contributed by atoms with van der Waals surface area (Å²) in [4.78, 5) is 0. The van der Waals surface area contributed by atoms with Crippen LogP contribution in [0.25, 0.3) is 0 Å². The topological polar surface area (TPSA) is 64.0 Å². The Morgan fingerprint density at radius 1 is 1.29 bits per heavy atom. The van der Waals surface area contributed by atoms with Crippen LogP contribution in [0.5, 0.6) is 0 Å². The molecule has 1 aromatic rings. The number of aromatic nitrogens is 2. The molecule has 0 aromatic carbocycles. The summed E-state index contributed by atoms with van der Waals surface area (Å²) in [6.07, 6.45) is 1.12. The lowest BCUT2D eigenvalue weighted by atomic mass is 9.99. The molecule has 0 radical (unpaired) electrons. The first kappa shape index (κ1) is 18.2. The first-order chi connectivity index (χ1) is 9.82. The van der Waals surface area contributed by atoms with Crippen molar-refractivity contribution in [2.24, 2.45) is 0 Å². The Bertz CT molecular complexity index is 550. The average Bonchev–Trinajstić information content (AvgIpc) is 2.71. The van der Waals surface area contributed by atoms with Gasteiger partial charge < -0.3 is 5.32 Å². The van der Waals surface area contributed by atoms with Crippen LogP contribution in [0.4, 0.5) is 0 Å². The Labute approximate surface area is 129 Å². The molecule has 1 N–H and O–H groups in total. The van der Waals surface area contributed by atoms with Gasteiger partial charge in [-0.1, -0.05) is 20.8 Å². The van der Waals surface area contributed by atoms with E-state index in [2.05, 4.69) is 24.3 Å². The van der Waals surface area contributed by atoms with Gasteiger partial charge in [0.25, 0.3) is 0 Å². The summed E-state index contributed by atoms with van der Waals surface area (Å²) in [5.74, 6) is 0.734. The highest BCUT2D eigenvalue weighted by atomic mass is 32.2. The predicted molar refractivity (Wildman–Crippen MR) is 87.6 cm³/mol. The van der Waals surface area contributed by atoms with Gasteiger partial charge in [0.1, 0.15) is 0 Å². The lowest BCUT2D eigenvalue weighted by Gasteiger charge is -2.13. The fourth-order valence-electron chi connectivity index (χ4n) is 2.61. The molecule has 122 valence electrons. The molecule has 0 spiro atoms. The van der Waals surface area contributed by atoms with Crippen molar-refractivity contribution in [2.75, 3.05) is 24.6 Å². The second kappa shape index (κ2) is 7.94. The van der Waals surface area contributed by atoms with Gasteiger partial charge in [0.2, 0.25) is 0 Å². The van der Waals surface area contributed by atoms with E-state index in [-0.39, 0.29) is 11.5 Å². The highest BCUT2D eigenvalue weighted by Crippen LogP contribution is 2.22. The maximum absolute atomic E-state index is 11.6. The van der Waals surface area contributed by atoms with Crippen molar-refractivity contribution in [1.82, 2.24) is 15.1 Å². The SMILES string of the molecule is CCCNCC(C)c1c(C)nn(CCS(=O)(=O)CC)c1C. The number of rotatable bonds is 9. The van der Waals surface area contributed by atoms with Crippen molar-refractivity contribution in [3.05, 3.63) is 17.0 Å². The van der Waals surface area contributed by atoms with E-state index in [0.717, 1.165) is 30.9 Å². The van der Waals surface area contributed by atoms with E-state index in [9.17, 15) is 8.42 Å². The maximum Gasteiger partial charge on any atom is 0.151 e. The van der Waals surface area contributed by atoms with Crippen LogP contribution in [0.15, 0.2) is 0 Å². The van der Waals surface area contributed by atoms with Crippen LogP contribution in [0.1, 0.15) is 50.1 Å². The van der Waals surface area contributed by atoms with Crippen molar-refractivity contribution in [2.45, 2.75) is 53.5 Å². The molecule has 1 rings (SSSR count). The average molecular weight is 315 g/mol. The smallest absolute Gasteiger partial charge is 0.151 e. The zero-order chi connectivity index (χ0) is 16.0. The summed E-state index contributed by atoms with van der Waals surface area (Å²) in [6.45, 7) is 12.4. The molecule has 0 aliphatic carbocycles. The second-order valence-electron chi connectivity index (χ2n) is 5.65. The van der Waals surface area contributed by atoms with Crippen LogP contribution >= 0.6 is 0 Å². The molecule has 0 aliphatic rings. The number of aryl methyl sites for hydroxylation is 2. The molecule has 0 saturated carbocycles. The van der Waals surface area contributed by atoms with Gasteiger partial charge in [0.05, 0.1) is 18.0 Å². The lowest BCUT2D eigenvalue weighted by Crippen LogP contribution is -2.21. The summed E-state index contributed by atoms with van der Waals surface area (Å²) in [5.41, 5.74) is 3.34. The molecule has 6 heteroatoms. The Hall–Kier alpha value is -0.880. The van der Waals surface area contributed by atoms with E-state index in [0.29, 0.717) is 12.5 Å². The van der Waals surface area contributed by atoms with E-state index in [1.54, 1.807) is 6.92 Å². The Morgan fingerprint density at radius 2 is 1.95 bits per heavy atom. The minimum Gasteiger partial charge on any atom is -0.316 e. The van der Waals surface area contributed by atoms with E-state index in [1.165, 1.54) is 5.56 Å². The van der Waals surface area contributed by atoms with Crippen LogP contribution in [0.2, 0.25) is 0 Å². The molecule has 1 heterocycles. The predicted octanol–water partition coefficient (Wildman–Crippen LogP) is 2.04. The van der Waals surface area contributed by atoms with Crippen LogP contribution in [-0.4, -0.2) is 42.8 Å². The highest BCUT2D eigenvalue weighted by molar-refractivity contribution is 7.91. The molecular formula is C15H29N3O2S. The molecule has 5 nitrogen and oxygen atoms in total. The number of nitrogens with one attached hydrogen (secondary N) is 1. The Kier molecular flexibility index (Phi) is 6.87. The van der Waals surface area contributed by atoms with Crippen molar-refractivity contribution >= 4 is 9.84 Å². The number of hydrogen-bond acceptors (Lipinski definition) is 4. The molecular weight excluding hydrogens is 286 g/mol. The van der Waals surface area contributed by atoms with Crippen molar-refractivity contribution < 1.29 is 8.42 Å². The molecule has 0 amide bonds. The van der Waals surface area contributed by atoms with Crippen LogP contribution in [-0.2, 0) is 16.4 Å². The molecule has 1 aromatic heterocycles. The van der Waals surface area contributed by atoms with Crippen molar-refractivity contribution in [3.63, 3.8) is 0 Å². The highest BCUT2D eigenvalue weighted by Gasteiger charge is 2.18. The molecule has 0 bridgehead atoms. The van der Waals surface area contributed by atoms with Crippen LogP contribution in [0, 0.1) is 13.8 Å². The van der Waals surface area contributed by atoms with Gasteiger partial charge >= 0.3 is 0 Å². The third kappa shape index (κ3) is 5.11. The molecule has 0 fully saturated rings. The largest absolute Gasteiger partial charge is 0.316 e. The fraction of sp³-hybridized carbons (Fsp3) is 0.800. The molecule has 21 heavy (non-hydrogen) atoms. The summed E-state index contributed by atoms with van der Waals surface area (Å²) >= 11 is 0. The van der Waals surface area contributed by atoms with Gasteiger partial charge in [-0.25, -0.2) is 8.42 Å². The first-order valence-corrected chi connectivity index (χ1v) is 9.59. The van der Waals surface area contributed by atoms with Crippen LogP contribution in [0.3, 0.4) is 0 Å². The van der Waals surface area contributed by atoms with Gasteiger partial charge in [-0.2, -0.15) is 5.10 Å². The quantitative estimate of drug-likeness (QED) is 0.708. The number of hydrogen-bond donors (Lipinski definition) is 1. The standard InChI is InChI=1S/C15H29N3O2S/c1-6-8-16-11-12(3)15-13(4)17-18(14(15)5)9-10-21(19,20)7-2/h12,16H,6-11H2,1-5H3. The summed E-state index contributed by atoms with van der Waals surface area (Å²) in [6, 6.07) is 0. The second-order valence-corrected chi connectivity index (χ2v) is 8.12. The van der Waals surface area contributed by atoms with E-state index < -0.39 is 9.84 Å². The Morgan fingerprint density at radius 3 is 2.52 bits per heavy atom. The summed E-state index contributed by atoms with van der Waals surface area (Å²) in [7, 11) is -2.95. The van der Waals surface area contributed by atoms with Gasteiger partial charge in [0, 0.05) is 18.0 Å². The van der Waals surface area contributed by atoms with E-state index in [1.807, 2.05) is 18.5 Å². The van der Waals surface area contributed by atoms with Crippen molar-refractivity contribution in [3.8, 4) is 0 Å². The molecule has 0 saturated heterocycles. The Balaban J connectivity index is 2.80. The minimum absolute atomic E-state index is 0.160. The summed E-state index contributed by atoms with van der Waals surface area (Å²) < 4.78 is 25.1. The number of sulfone groups is 1. The third-order valence-electron chi connectivity index (χ3n) is 3.86. The molecule has 0 aliphatic heterocycles. The maximum atomic E-state index is 11.6. The van der Waals surface area contributed by atoms with Gasteiger partial charge in [0.15, 0.2) is 9.84 Å². The fourth-order valence-corrected chi connectivity index (χ4v) is 3.35. The van der Waals surface area contributed by atoms with Crippen LogP contribution < -0.4 is 5.32 Å². The monoisotopic (exact) mass is 315 g/mol. The first-order valence-electron chi connectivity index (χ1n) is 7.77. The third-order valence-corrected chi connectivity index (χ3v) is 5.55.